The topological polar surface area (TPSA) is 74.7 Å². The summed E-state index contributed by atoms with van der Waals surface area (Å²) >= 11 is 0. The second kappa shape index (κ2) is 9.16. The van der Waals surface area contributed by atoms with Crippen LogP contribution in [0.2, 0.25) is 0 Å². The van der Waals surface area contributed by atoms with Gasteiger partial charge in [-0.25, -0.2) is 18.0 Å². The van der Waals surface area contributed by atoms with E-state index in [0.29, 0.717) is 5.56 Å². The average Bonchev–Trinajstić information content (AvgIpc) is 3.17. The first-order valence-electron chi connectivity index (χ1n) is 9.97. The Morgan fingerprint density at radius 1 is 0.971 bits per heavy atom. The van der Waals surface area contributed by atoms with Crippen molar-refractivity contribution in [1.29, 1.82) is 0 Å². The highest BCUT2D eigenvalue weighted by molar-refractivity contribution is 6.15. The number of nitrogens with zero attached hydrogens (tertiary/aromatic N) is 1. The van der Waals surface area contributed by atoms with Gasteiger partial charge in [0.1, 0.15) is 11.5 Å². The van der Waals surface area contributed by atoms with E-state index in [2.05, 4.69) is 9.72 Å². The van der Waals surface area contributed by atoms with Gasteiger partial charge in [0.2, 0.25) is 34.9 Å². The number of esters is 1. The minimum absolute atomic E-state index is 0.0285. The number of hydrogen-bond donors (Lipinski definition) is 0. The third-order valence-electron chi connectivity index (χ3n) is 5.05. The van der Waals surface area contributed by atoms with Gasteiger partial charge in [0.25, 0.3) is 0 Å². The van der Waals surface area contributed by atoms with Gasteiger partial charge >= 0.3 is 5.97 Å². The fourth-order valence-corrected chi connectivity index (χ4v) is 3.19. The van der Waals surface area contributed by atoms with Gasteiger partial charge in [-0.2, -0.15) is 8.78 Å². The first-order chi connectivity index (χ1) is 16.6. The van der Waals surface area contributed by atoms with E-state index < -0.39 is 52.7 Å². The predicted molar refractivity (Wildman–Crippen MR) is 110 cm³/mol. The Balaban J connectivity index is 1.54. The molecule has 1 unspecified atom stereocenters. The molecule has 0 amide bonds. The molecule has 2 aromatic carbocycles. The fraction of sp³-hybridized carbons (Fsp3) is 0.125. The summed E-state index contributed by atoms with van der Waals surface area (Å²) in [7, 11) is 0. The first-order valence-corrected chi connectivity index (χ1v) is 9.97. The number of carbonyl (C=O) groups is 2. The lowest BCUT2D eigenvalue weighted by molar-refractivity contribution is -0.141. The largest absolute Gasteiger partial charge is 0.473 e. The van der Waals surface area contributed by atoms with Gasteiger partial charge in [-0.1, -0.05) is 0 Å². The SMILES string of the molecule is Cc1c(OC(=O)C(C)Oc2c(F)c(F)c(F)c(F)c2F)ccc2c1O/C(=C\c1ccncc1)C2=O. The van der Waals surface area contributed by atoms with E-state index in [4.69, 9.17) is 9.47 Å². The molecule has 0 N–H and O–H groups in total. The molecule has 35 heavy (non-hydrogen) atoms. The zero-order valence-electron chi connectivity index (χ0n) is 18.0. The molecule has 0 aliphatic carbocycles. The van der Waals surface area contributed by atoms with E-state index in [1.807, 2.05) is 0 Å². The van der Waals surface area contributed by atoms with Crippen LogP contribution in [-0.2, 0) is 4.79 Å². The van der Waals surface area contributed by atoms with Crippen LogP contribution in [0.15, 0.2) is 42.4 Å². The van der Waals surface area contributed by atoms with Crippen LogP contribution in [0.1, 0.15) is 28.4 Å². The maximum absolute atomic E-state index is 13.8. The van der Waals surface area contributed by atoms with Crippen LogP contribution in [0.4, 0.5) is 22.0 Å². The summed E-state index contributed by atoms with van der Waals surface area (Å²) < 4.78 is 83.1. The van der Waals surface area contributed by atoms with Crippen LogP contribution in [0, 0.1) is 36.0 Å². The van der Waals surface area contributed by atoms with Gasteiger partial charge in [0, 0.05) is 18.0 Å². The standard InChI is InChI=1S/C24H14F5NO5/c1-10-14(4-3-13-21(31)15(34-22(10)13)9-12-5-7-30-8-6-12)35-24(32)11(2)33-23-19(28)17(26)16(25)18(27)20(23)29/h3-9,11H,1-2H3/b15-9-. The lowest BCUT2D eigenvalue weighted by Crippen LogP contribution is -2.29. The highest BCUT2D eigenvalue weighted by Crippen LogP contribution is 2.39. The summed E-state index contributed by atoms with van der Waals surface area (Å²) in [6.45, 7) is 2.50. The van der Waals surface area contributed by atoms with Crippen LogP contribution in [0.5, 0.6) is 17.2 Å². The summed E-state index contributed by atoms with van der Waals surface area (Å²) in [5, 5.41) is 0. The number of rotatable bonds is 5. The molecule has 0 fully saturated rings. The van der Waals surface area contributed by atoms with Gasteiger partial charge in [0.05, 0.1) is 5.56 Å². The summed E-state index contributed by atoms with van der Waals surface area (Å²) in [6, 6.07) is 5.99. The van der Waals surface area contributed by atoms with E-state index in [1.54, 1.807) is 12.1 Å². The number of fused-ring (bicyclic) bond motifs is 1. The zero-order valence-corrected chi connectivity index (χ0v) is 18.0. The minimum Gasteiger partial charge on any atom is -0.473 e. The number of ether oxygens (including phenoxy) is 3. The van der Waals surface area contributed by atoms with Crippen molar-refractivity contribution in [2.45, 2.75) is 20.0 Å². The molecule has 0 bridgehead atoms. The molecule has 6 nitrogen and oxygen atoms in total. The Bertz CT molecular complexity index is 1360. The molecule has 0 saturated heterocycles. The Kier molecular flexibility index (Phi) is 6.25. The maximum Gasteiger partial charge on any atom is 0.352 e. The van der Waals surface area contributed by atoms with E-state index in [9.17, 15) is 31.5 Å². The molecule has 4 rings (SSSR count). The van der Waals surface area contributed by atoms with Crippen molar-refractivity contribution in [2.24, 2.45) is 0 Å². The Morgan fingerprint density at radius 3 is 2.20 bits per heavy atom. The van der Waals surface area contributed by atoms with E-state index >= 15 is 0 Å². The molecule has 1 aromatic heterocycles. The summed E-state index contributed by atoms with van der Waals surface area (Å²) in [5.41, 5.74) is 1.14. The predicted octanol–water partition coefficient (Wildman–Crippen LogP) is 5.07. The van der Waals surface area contributed by atoms with Crippen molar-refractivity contribution in [3.8, 4) is 17.2 Å². The van der Waals surface area contributed by atoms with Crippen molar-refractivity contribution < 1.29 is 45.8 Å². The first kappa shape index (κ1) is 23.9. The highest BCUT2D eigenvalue weighted by atomic mass is 19.2. The van der Waals surface area contributed by atoms with Crippen molar-refractivity contribution in [3.05, 3.63) is 88.2 Å². The smallest absolute Gasteiger partial charge is 0.352 e. The number of pyridine rings is 1. The van der Waals surface area contributed by atoms with Gasteiger partial charge < -0.3 is 14.2 Å². The lowest BCUT2D eigenvalue weighted by Gasteiger charge is -2.16. The summed E-state index contributed by atoms with van der Waals surface area (Å²) in [5.74, 6) is -14.4. The minimum atomic E-state index is -2.36. The normalized spacial score (nSPS) is 14.5. The number of benzene rings is 2. The molecule has 180 valence electrons. The van der Waals surface area contributed by atoms with Crippen molar-refractivity contribution >= 4 is 17.8 Å². The third-order valence-corrected chi connectivity index (χ3v) is 5.05. The third kappa shape index (κ3) is 4.32. The number of halogens is 5. The molecule has 1 atom stereocenters. The summed E-state index contributed by atoms with van der Waals surface area (Å²) in [4.78, 5) is 29.0. The Hall–Kier alpha value is -4.28. The molecule has 1 aliphatic rings. The van der Waals surface area contributed by atoms with Gasteiger partial charge in [-0.3, -0.25) is 9.78 Å². The molecule has 0 saturated carbocycles. The van der Waals surface area contributed by atoms with E-state index in [-0.39, 0.29) is 28.4 Å². The van der Waals surface area contributed by atoms with Gasteiger partial charge in [-0.05, 0) is 49.8 Å². The average molecular weight is 491 g/mol. The van der Waals surface area contributed by atoms with Crippen LogP contribution < -0.4 is 14.2 Å². The van der Waals surface area contributed by atoms with Gasteiger partial charge in [0.15, 0.2) is 17.6 Å². The second-order valence-corrected chi connectivity index (χ2v) is 7.37. The highest BCUT2D eigenvalue weighted by Gasteiger charge is 2.32. The monoisotopic (exact) mass is 491 g/mol. The van der Waals surface area contributed by atoms with Crippen molar-refractivity contribution in [2.75, 3.05) is 0 Å². The molecule has 2 heterocycles. The molecular formula is C24H14F5NO5. The second-order valence-electron chi connectivity index (χ2n) is 7.37. The van der Waals surface area contributed by atoms with Crippen LogP contribution in [0.3, 0.4) is 0 Å². The number of allylic oxidation sites excluding steroid dienone is 1. The number of Topliss-reactive ketones (excluding diaryl/α,β-unsaturated/α-hetero) is 1. The van der Waals surface area contributed by atoms with Crippen LogP contribution in [0.25, 0.3) is 6.08 Å². The molecule has 3 aromatic rings. The zero-order chi connectivity index (χ0) is 25.4. The summed E-state index contributed by atoms with van der Waals surface area (Å²) in [6.07, 6.45) is 2.82. The maximum atomic E-state index is 13.8. The fourth-order valence-electron chi connectivity index (χ4n) is 3.19. The van der Waals surface area contributed by atoms with Crippen LogP contribution >= 0.6 is 0 Å². The number of ketones is 1. The molecule has 11 heteroatoms. The van der Waals surface area contributed by atoms with E-state index in [1.165, 1.54) is 37.5 Å². The molecular weight excluding hydrogens is 477 g/mol. The molecule has 1 aliphatic heterocycles. The number of carbonyl (C=O) groups excluding carboxylic acids is 2. The molecule has 0 radical (unpaired) electrons. The quantitative estimate of drug-likeness (QED) is 0.124. The lowest BCUT2D eigenvalue weighted by atomic mass is 10.1. The number of hydrogen-bond acceptors (Lipinski definition) is 6. The van der Waals surface area contributed by atoms with Crippen LogP contribution in [-0.4, -0.2) is 22.8 Å². The van der Waals surface area contributed by atoms with E-state index in [0.717, 1.165) is 6.92 Å². The van der Waals surface area contributed by atoms with Crippen molar-refractivity contribution in [3.63, 3.8) is 0 Å². The van der Waals surface area contributed by atoms with Gasteiger partial charge in [-0.15, -0.1) is 0 Å². The Morgan fingerprint density at radius 2 is 1.57 bits per heavy atom. The Labute approximate surface area is 194 Å². The number of aromatic nitrogens is 1. The van der Waals surface area contributed by atoms with Crippen molar-refractivity contribution in [1.82, 2.24) is 4.98 Å². The molecule has 0 spiro atoms.